The number of rotatable bonds is 4. The number of hydrogen-bond donors (Lipinski definition) is 1. The van der Waals surface area contributed by atoms with E-state index in [4.69, 9.17) is 0 Å². The number of hydrogen-bond acceptors (Lipinski definition) is 4. The molecule has 0 aliphatic carbocycles. The zero-order chi connectivity index (χ0) is 17.5. The molecule has 0 aromatic heterocycles. The van der Waals surface area contributed by atoms with Crippen LogP contribution < -0.4 is 4.74 Å². The molecule has 6 nitrogen and oxygen atoms in total. The van der Waals surface area contributed by atoms with Gasteiger partial charge in [0.05, 0.1) is 12.6 Å². The molecule has 2 heterocycles. The summed E-state index contributed by atoms with van der Waals surface area (Å²) in [5.41, 5.74) is 0.289. The Morgan fingerprint density at radius 2 is 1.92 bits per heavy atom. The number of ether oxygens (including phenoxy) is 1. The number of carbonyl (C=O) groups excluding carboxylic acids is 2. The minimum atomic E-state index is -4.79. The fourth-order valence-corrected chi connectivity index (χ4v) is 3.02. The van der Waals surface area contributed by atoms with Gasteiger partial charge in [-0.2, -0.15) is 0 Å². The Balaban J connectivity index is 1.66. The number of β-amino-alcohol motifs (C(OH)–C–C–N with tert-alkyl or cyclic N) is 1. The number of aliphatic hydroxyl groups excluding tert-OH is 1. The molecule has 0 radical (unpaired) electrons. The fourth-order valence-electron chi connectivity index (χ4n) is 3.02. The van der Waals surface area contributed by atoms with Gasteiger partial charge < -0.3 is 14.7 Å². The van der Waals surface area contributed by atoms with Crippen LogP contribution in [0, 0.1) is 0 Å². The molecule has 9 heteroatoms. The number of benzene rings is 1. The van der Waals surface area contributed by atoms with Gasteiger partial charge >= 0.3 is 12.4 Å². The third kappa shape index (κ3) is 3.16. The smallest absolute Gasteiger partial charge is 0.406 e. The van der Waals surface area contributed by atoms with E-state index in [2.05, 4.69) is 4.74 Å². The van der Waals surface area contributed by atoms with Crippen molar-refractivity contribution in [2.24, 2.45) is 0 Å². The summed E-state index contributed by atoms with van der Waals surface area (Å²) in [6, 6.07) is 3.77. The highest BCUT2D eigenvalue weighted by atomic mass is 19.4. The van der Waals surface area contributed by atoms with Crippen molar-refractivity contribution < 1.29 is 32.6 Å². The van der Waals surface area contributed by atoms with E-state index in [1.54, 1.807) is 0 Å². The number of amides is 3. The number of alkyl halides is 3. The van der Waals surface area contributed by atoms with Crippen LogP contribution in [0.15, 0.2) is 24.3 Å². The summed E-state index contributed by atoms with van der Waals surface area (Å²) < 4.78 is 40.1. The molecule has 0 bridgehead atoms. The number of carbonyl (C=O) groups is 2. The van der Waals surface area contributed by atoms with E-state index in [1.165, 1.54) is 17.0 Å². The quantitative estimate of drug-likeness (QED) is 0.849. The molecule has 0 unspecified atom stereocenters. The molecule has 24 heavy (non-hydrogen) atoms. The fraction of sp³-hybridized carbons (Fsp3) is 0.467. The number of aliphatic hydroxyl groups is 1. The molecule has 130 valence electrons. The van der Waals surface area contributed by atoms with Gasteiger partial charge in [-0.15, -0.1) is 13.2 Å². The average Bonchev–Trinajstić information content (AvgIpc) is 3.06. The predicted octanol–water partition coefficient (Wildman–Crippen LogP) is 2.05. The van der Waals surface area contributed by atoms with Crippen LogP contribution >= 0.6 is 0 Å². The molecule has 3 rings (SSSR count). The van der Waals surface area contributed by atoms with E-state index in [9.17, 15) is 27.9 Å². The first-order valence-corrected chi connectivity index (χ1v) is 7.42. The summed E-state index contributed by atoms with van der Waals surface area (Å²) >= 11 is 0. The summed E-state index contributed by atoms with van der Waals surface area (Å²) in [5.74, 6) is -0.749. The highest BCUT2D eigenvalue weighted by Gasteiger charge is 2.47. The van der Waals surface area contributed by atoms with Crippen molar-refractivity contribution >= 4 is 11.9 Å². The second-order valence-corrected chi connectivity index (χ2v) is 5.72. The van der Waals surface area contributed by atoms with Gasteiger partial charge in [0.25, 0.3) is 5.91 Å². The van der Waals surface area contributed by atoms with Crippen molar-refractivity contribution in [1.29, 1.82) is 0 Å². The lowest BCUT2D eigenvalue weighted by Gasteiger charge is -2.19. The van der Waals surface area contributed by atoms with E-state index >= 15 is 0 Å². The monoisotopic (exact) mass is 344 g/mol. The van der Waals surface area contributed by atoms with Crippen molar-refractivity contribution in [1.82, 2.24) is 9.80 Å². The van der Waals surface area contributed by atoms with Crippen LogP contribution in [0.2, 0.25) is 0 Å². The Kier molecular flexibility index (Phi) is 4.12. The minimum Gasteiger partial charge on any atom is -0.406 e. The zero-order valence-electron chi connectivity index (χ0n) is 12.5. The molecule has 3 amide bonds. The van der Waals surface area contributed by atoms with Gasteiger partial charge in [-0.3, -0.25) is 9.69 Å². The van der Waals surface area contributed by atoms with Crippen molar-refractivity contribution in [3.8, 4) is 5.75 Å². The topological polar surface area (TPSA) is 70.1 Å². The zero-order valence-corrected chi connectivity index (χ0v) is 12.5. The Morgan fingerprint density at radius 3 is 2.50 bits per heavy atom. The van der Waals surface area contributed by atoms with Crippen molar-refractivity contribution in [2.75, 3.05) is 13.1 Å². The highest BCUT2D eigenvalue weighted by molar-refractivity contribution is 6.04. The van der Waals surface area contributed by atoms with Gasteiger partial charge in [-0.25, -0.2) is 4.79 Å². The van der Waals surface area contributed by atoms with Gasteiger partial charge in [0.2, 0.25) is 0 Å². The molecular weight excluding hydrogens is 329 g/mol. The van der Waals surface area contributed by atoms with Crippen LogP contribution in [0.25, 0.3) is 0 Å². The van der Waals surface area contributed by atoms with Gasteiger partial charge in [0.15, 0.2) is 0 Å². The maximum atomic E-state index is 12.2. The summed E-state index contributed by atoms with van der Waals surface area (Å²) in [6.45, 7) is 0.287. The van der Waals surface area contributed by atoms with Crippen LogP contribution in [-0.4, -0.2) is 52.3 Å². The molecular formula is C15H15F3N2O4. The highest BCUT2D eigenvalue weighted by Crippen LogP contribution is 2.29. The molecule has 1 aromatic carbocycles. The van der Waals surface area contributed by atoms with Crippen molar-refractivity contribution in [3.05, 3.63) is 29.8 Å². The van der Waals surface area contributed by atoms with Gasteiger partial charge in [-0.1, -0.05) is 12.1 Å². The molecule has 2 saturated heterocycles. The number of fused-ring (bicyclic) bond motifs is 1. The number of imide groups is 1. The molecule has 2 fully saturated rings. The van der Waals surface area contributed by atoms with E-state index in [0.717, 1.165) is 23.5 Å². The number of urea groups is 1. The van der Waals surface area contributed by atoms with Crippen LogP contribution in [0.4, 0.5) is 18.0 Å². The molecule has 1 aromatic rings. The summed E-state index contributed by atoms with van der Waals surface area (Å²) in [7, 11) is 0. The Labute approximate surface area is 135 Å². The van der Waals surface area contributed by atoms with Gasteiger partial charge in [0, 0.05) is 6.54 Å². The van der Waals surface area contributed by atoms with Crippen LogP contribution in [0.3, 0.4) is 0 Å². The van der Waals surface area contributed by atoms with Gasteiger partial charge in [-0.05, 0) is 30.5 Å². The molecule has 2 aliphatic heterocycles. The second-order valence-electron chi connectivity index (χ2n) is 5.72. The van der Waals surface area contributed by atoms with E-state index in [1.807, 2.05) is 0 Å². The lowest BCUT2D eigenvalue weighted by Crippen LogP contribution is -2.36. The molecule has 2 atom stereocenters. The Morgan fingerprint density at radius 1 is 1.25 bits per heavy atom. The Bertz CT molecular complexity index is 625. The molecule has 2 aliphatic rings. The van der Waals surface area contributed by atoms with E-state index in [0.29, 0.717) is 13.0 Å². The first kappa shape index (κ1) is 16.6. The normalized spacial score (nSPS) is 22.1. The lowest BCUT2D eigenvalue weighted by molar-refractivity contribution is -0.274. The van der Waals surface area contributed by atoms with E-state index < -0.39 is 30.3 Å². The number of halogens is 3. The first-order chi connectivity index (χ1) is 11.3. The first-order valence-electron chi connectivity index (χ1n) is 7.42. The molecule has 1 N–H and O–H groups in total. The summed E-state index contributed by atoms with van der Waals surface area (Å²) in [6.07, 6.45) is -4.58. The minimum absolute atomic E-state index is 0.232. The third-order valence-corrected chi connectivity index (χ3v) is 4.13. The SMILES string of the molecule is O=C1[C@@H]2CCCN2C(=O)N1C[C@@H](O)c1ccc(OC(F)(F)F)cc1. The average molecular weight is 344 g/mol. The maximum absolute atomic E-state index is 12.2. The van der Waals surface area contributed by atoms with Gasteiger partial charge in [0.1, 0.15) is 11.8 Å². The lowest BCUT2D eigenvalue weighted by atomic mass is 10.1. The second kappa shape index (κ2) is 5.97. The van der Waals surface area contributed by atoms with Crippen molar-refractivity contribution in [3.63, 3.8) is 0 Å². The largest absolute Gasteiger partial charge is 0.573 e. The van der Waals surface area contributed by atoms with Crippen LogP contribution in [0.1, 0.15) is 24.5 Å². The van der Waals surface area contributed by atoms with Crippen LogP contribution in [0.5, 0.6) is 5.75 Å². The summed E-state index contributed by atoms with van der Waals surface area (Å²) in [5, 5.41) is 10.2. The predicted molar refractivity (Wildman–Crippen MR) is 74.9 cm³/mol. The van der Waals surface area contributed by atoms with Crippen LogP contribution in [-0.2, 0) is 4.79 Å². The molecule has 0 saturated carbocycles. The molecule has 0 spiro atoms. The maximum Gasteiger partial charge on any atom is 0.573 e. The van der Waals surface area contributed by atoms with E-state index in [-0.39, 0.29) is 18.0 Å². The summed E-state index contributed by atoms with van der Waals surface area (Å²) in [4.78, 5) is 26.8. The third-order valence-electron chi connectivity index (χ3n) is 4.13. The standard InChI is InChI=1S/C15H15F3N2O4/c16-15(17,18)24-10-5-3-9(4-6-10)12(21)8-20-13(22)11-2-1-7-19(11)14(20)23/h3-6,11-12,21H,1-2,7-8H2/t11-,12+/m0/s1. The Hall–Kier alpha value is -2.29. The van der Waals surface area contributed by atoms with Crippen molar-refractivity contribution in [2.45, 2.75) is 31.3 Å². The number of nitrogens with zero attached hydrogens (tertiary/aromatic N) is 2.